The first-order valence-corrected chi connectivity index (χ1v) is 10.4. The van der Waals surface area contributed by atoms with Gasteiger partial charge >= 0.3 is 0 Å². The Bertz CT molecular complexity index is 1090. The molecule has 2 N–H and O–H groups in total. The Kier molecular flexibility index (Phi) is 4.84. The van der Waals surface area contributed by atoms with Crippen molar-refractivity contribution < 1.29 is 22.8 Å². The maximum atomic E-state index is 12.9. The first-order chi connectivity index (χ1) is 13.9. The number of hydrogen-bond donors (Lipinski definition) is 2. The smallest absolute Gasteiger partial charge is 0.258 e. The van der Waals surface area contributed by atoms with Gasteiger partial charge in [-0.1, -0.05) is 0 Å². The Morgan fingerprint density at radius 2 is 1.72 bits per heavy atom. The van der Waals surface area contributed by atoms with Gasteiger partial charge in [-0.3, -0.25) is 25.0 Å². The van der Waals surface area contributed by atoms with Crippen LogP contribution >= 0.6 is 0 Å². The molecule has 1 aromatic heterocycles. The number of fused-ring (bicyclic) bond motifs is 1. The summed E-state index contributed by atoms with van der Waals surface area (Å²) in [6, 6.07) is 5.51. The van der Waals surface area contributed by atoms with Crippen LogP contribution in [0.5, 0.6) is 0 Å². The van der Waals surface area contributed by atoms with E-state index in [9.17, 15) is 22.8 Å². The molecule has 2 aliphatic rings. The summed E-state index contributed by atoms with van der Waals surface area (Å²) in [5.74, 6) is -1.54. The molecule has 3 amide bonds. The number of benzene rings is 1. The molecule has 0 saturated carbocycles. The van der Waals surface area contributed by atoms with Crippen molar-refractivity contribution in [3.63, 3.8) is 0 Å². The van der Waals surface area contributed by atoms with Crippen molar-refractivity contribution in [2.24, 2.45) is 5.92 Å². The molecule has 2 aliphatic heterocycles. The molecule has 0 spiro atoms. The maximum absolute atomic E-state index is 12.9. The number of aromatic nitrogens is 2. The molecule has 0 atom stereocenters. The van der Waals surface area contributed by atoms with Crippen LogP contribution in [-0.2, 0) is 14.8 Å². The summed E-state index contributed by atoms with van der Waals surface area (Å²) in [5, 5.41) is 4.77. The average molecular weight is 415 g/mol. The molecular formula is C18H17N5O5S. The van der Waals surface area contributed by atoms with Gasteiger partial charge in [-0.15, -0.1) is 0 Å². The molecule has 0 unspecified atom stereocenters. The van der Waals surface area contributed by atoms with Gasteiger partial charge in [0.1, 0.15) is 0 Å². The minimum Gasteiger partial charge on any atom is -0.294 e. The highest BCUT2D eigenvalue weighted by Crippen LogP contribution is 2.27. The van der Waals surface area contributed by atoms with E-state index >= 15 is 0 Å². The first kappa shape index (κ1) is 19.2. The van der Waals surface area contributed by atoms with Gasteiger partial charge in [0.25, 0.3) is 11.8 Å². The molecule has 3 heterocycles. The van der Waals surface area contributed by atoms with E-state index in [-0.39, 0.29) is 46.9 Å². The number of nitrogens with one attached hydrogen (secondary N) is 2. The van der Waals surface area contributed by atoms with Gasteiger partial charge < -0.3 is 0 Å². The summed E-state index contributed by atoms with van der Waals surface area (Å²) in [6.45, 7) is 0.330. The summed E-state index contributed by atoms with van der Waals surface area (Å²) >= 11 is 0. The van der Waals surface area contributed by atoms with Crippen molar-refractivity contribution in [1.82, 2.24) is 19.6 Å². The van der Waals surface area contributed by atoms with Crippen LogP contribution in [0.1, 0.15) is 33.6 Å². The monoisotopic (exact) mass is 415 g/mol. The third kappa shape index (κ3) is 3.61. The van der Waals surface area contributed by atoms with E-state index in [0.29, 0.717) is 12.8 Å². The SMILES string of the molecule is O=C1NC(=O)c2cc(S(=O)(=O)N3CCC(C(=O)Nc4ncccn4)CC3)ccc21. The van der Waals surface area contributed by atoms with Crippen molar-refractivity contribution in [3.8, 4) is 0 Å². The molecule has 1 saturated heterocycles. The van der Waals surface area contributed by atoms with E-state index < -0.39 is 21.8 Å². The second kappa shape index (κ2) is 7.33. The predicted octanol–water partition coefficient (Wildman–Crippen LogP) is 0.400. The number of hydrogen-bond acceptors (Lipinski definition) is 7. The van der Waals surface area contributed by atoms with E-state index in [1.54, 1.807) is 6.07 Å². The molecular weight excluding hydrogens is 398 g/mol. The predicted molar refractivity (Wildman–Crippen MR) is 100 cm³/mol. The van der Waals surface area contributed by atoms with Crippen molar-refractivity contribution in [2.45, 2.75) is 17.7 Å². The Balaban J connectivity index is 1.44. The highest BCUT2D eigenvalue weighted by atomic mass is 32.2. The lowest BCUT2D eigenvalue weighted by atomic mass is 9.97. The molecule has 10 nitrogen and oxygen atoms in total. The van der Waals surface area contributed by atoms with Crippen LogP contribution in [0.15, 0.2) is 41.6 Å². The van der Waals surface area contributed by atoms with E-state index in [1.165, 1.54) is 34.9 Å². The molecule has 1 aromatic carbocycles. The lowest BCUT2D eigenvalue weighted by Gasteiger charge is -2.30. The van der Waals surface area contributed by atoms with E-state index in [2.05, 4.69) is 20.6 Å². The maximum Gasteiger partial charge on any atom is 0.258 e. The van der Waals surface area contributed by atoms with Crippen LogP contribution in [0.2, 0.25) is 0 Å². The molecule has 0 bridgehead atoms. The number of piperidine rings is 1. The van der Waals surface area contributed by atoms with E-state index in [0.717, 1.165) is 0 Å². The molecule has 150 valence electrons. The number of carbonyl (C=O) groups is 3. The van der Waals surface area contributed by atoms with Gasteiger partial charge in [-0.05, 0) is 37.1 Å². The van der Waals surface area contributed by atoms with Crippen LogP contribution in [0.25, 0.3) is 0 Å². The molecule has 2 aromatic rings. The zero-order valence-electron chi connectivity index (χ0n) is 15.2. The lowest BCUT2D eigenvalue weighted by Crippen LogP contribution is -2.41. The second-order valence-corrected chi connectivity index (χ2v) is 8.67. The third-order valence-electron chi connectivity index (χ3n) is 4.97. The van der Waals surface area contributed by atoms with Gasteiger partial charge in [0.05, 0.1) is 16.0 Å². The van der Waals surface area contributed by atoms with Crippen molar-refractivity contribution in [3.05, 3.63) is 47.8 Å². The number of rotatable bonds is 4. The van der Waals surface area contributed by atoms with Crippen molar-refractivity contribution in [2.75, 3.05) is 18.4 Å². The molecule has 11 heteroatoms. The van der Waals surface area contributed by atoms with Gasteiger partial charge in [0.2, 0.25) is 21.9 Å². The highest BCUT2D eigenvalue weighted by Gasteiger charge is 2.34. The number of sulfonamides is 1. The van der Waals surface area contributed by atoms with Crippen molar-refractivity contribution >= 4 is 33.7 Å². The largest absolute Gasteiger partial charge is 0.294 e. The van der Waals surface area contributed by atoms with Crippen LogP contribution in [-0.4, -0.2) is 53.5 Å². The summed E-state index contributed by atoms with van der Waals surface area (Å²) in [7, 11) is -3.85. The quantitative estimate of drug-likeness (QED) is 0.689. The van der Waals surface area contributed by atoms with Gasteiger partial charge in [0.15, 0.2) is 0 Å². The molecule has 1 fully saturated rings. The lowest BCUT2D eigenvalue weighted by molar-refractivity contribution is -0.121. The van der Waals surface area contributed by atoms with Crippen LogP contribution < -0.4 is 10.6 Å². The number of amides is 3. The number of imide groups is 1. The van der Waals surface area contributed by atoms with E-state index in [4.69, 9.17) is 0 Å². The number of nitrogens with zero attached hydrogens (tertiary/aromatic N) is 3. The normalized spacial score (nSPS) is 17.7. The second-order valence-electron chi connectivity index (χ2n) is 6.73. The minimum absolute atomic E-state index is 0.0493. The van der Waals surface area contributed by atoms with Crippen LogP contribution in [0.3, 0.4) is 0 Å². The molecule has 4 rings (SSSR count). The molecule has 0 aliphatic carbocycles. The van der Waals surface area contributed by atoms with Crippen molar-refractivity contribution in [1.29, 1.82) is 0 Å². The zero-order chi connectivity index (χ0) is 20.6. The van der Waals surface area contributed by atoms with Gasteiger partial charge in [0, 0.05) is 31.4 Å². The summed E-state index contributed by atoms with van der Waals surface area (Å²) in [6.07, 6.45) is 3.73. The van der Waals surface area contributed by atoms with Gasteiger partial charge in [-0.2, -0.15) is 4.31 Å². The minimum atomic E-state index is -3.85. The fraction of sp³-hybridized carbons (Fsp3) is 0.278. The number of carbonyl (C=O) groups excluding carboxylic acids is 3. The standard InChI is InChI=1S/C18H17N5O5S/c24-15(22-18-19-6-1-7-20-18)11-4-8-23(9-5-11)29(27,28)12-2-3-13-14(10-12)17(26)21-16(13)25/h1-3,6-7,10-11H,4-5,8-9H2,(H,21,25,26)(H,19,20,22,24). The Morgan fingerprint density at radius 3 is 2.41 bits per heavy atom. The Labute approximate surface area is 166 Å². The average Bonchev–Trinajstić information content (AvgIpc) is 3.02. The third-order valence-corrected chi connectivity index (χ3v) is 6.87. The Hall–Kier alpha value is -3.18. The molecule has 29 heavy (non-hydrogen) atoms. The highest BCUT2D eigenvalue weighted by molar-refractivity contribution is 7.89. The fourth-order valence-corrected chi connectivity index (χ4v) is 4.89. The van der Waals surface area contributed by atoms with Gasteiger partial charge in [-0.25, -0.2) is 18.4 Å². The Morgan fingerprint density at radius 1 is 1.07 bits per heavy atom. The topological polar surface area (TPSA) is 138 Å². The van der Waals surface area contributed by atoms with Crippen LogP contribution in [0, 0.1) is 5.92 Å². The molecule has 0 radical (unpaired) electrons. The van der Waals surface area contributed by atoms with Crippen LogP contribution in [0.4, 0.5) is 5.95 Å². The fourth-order valence-electron chi connectivity index (χ4n) is 3.39. The summed E-state index contributed by atoms with van der Waals surface area (Å²) < 4.78 is 27.1. The summed E-state index contributed by atoms with van der Waals surface area (Å²) in [5.41, 5.74) is 0.209. The first-order valence-electron chi connectivity index (χ1n) is 8.94. The summed E-state index contributed by atoms with van der Waals surface area (Å²) in [4.78, 5) is 43.6. The van der Waals surface area contributed by atoms with E-state index in [1.807, 2.05) is 0 Å². The zero-order valence-corrected chi connectivity index (χ0v) is 16.0. The number of anilines is 1.